The number of esters is 1. The lowest BCUT2D eigenvalue weighted by molar-refractivity contribution is -0.153. The van der Waals surface area contributed by atoms with Crippen molar-refractivity contribution < 1.29 is 19.1 Å². The third kappa shape index (κ3) is 2.87. The highest BCUT2D eigenvalue weighted by atomic mass is 16.5. The molecule has 2 aliphatic rings. The third-order valence-electron chi connectivity index (χ3n) is 6.14. The number of likely N-dealkylation sites (tertiary alicyclic amines) is 1. The standard InChI is InChI=1S/C22H22N4O4/c1-29-21(28)22-13-25(11-16(22)12-30-14-22)20(27)18-17-8-5-9-23-19(17)26(24-18)10-15-6-3-2-4-7-15/h2-9,16H,10-14H2,1H3/t16-,22-/m0/s1. The fraction of sp³-hybridized carbons (Fsp3) is 0.364. The lowest BCUT2D eigenvalue weighted by Crippen LogP contribution is -2.41. The van der Waals surface area contributed by atoms with E-state index in [0.29, 0.717) is 36.4 Å². The SMILES string of the molecule is COC(=O)[C@@]12COC[C@@H]1CN(C(=O)c1nn(Cc3ccccc3)c3ncccc13)C2. The minimum absolute atomic E-state index is 0.0651. The summed E-state index contributed by atoms with van der Waals surface area (Å²) in [6, 6.07) is 13.6. The van der Waals surface area contributed by atoms with Gasteiger partial charge < -0.3 is 14.4 Å². The van der Waals surface area contributed by atoms with Gasteiger partial charge in [0.25, 0.3) is 5.91 Å². The molecular weight excluding hydrogens is 384 g/mol. The van der Waals surface area contributed by atoms with Gasteiger partial charge in [-0.25, -0.2) is 9.67 Å². The first-order valence-electron chi connectivity index (χ1n) is 9.93. The highest BCUT2D eigenvalue weighted by Gasteiger charge is 2.58. The van der Waals surface area contributed by atoms with Crippen LogP contribution in [0.15, 0.2) is 48.7 Å². The quantitative estimate of drug-likeness (QED) is 0.614. The Kier molecular flexibility index (Phi) is 4.51. The van der Waals surface area contributed by atoms with Crippen molar-refractivity contribution in [2.75, 3.05) is 33.4 Å². The van der Waals surface area contributed by atoms with Crippen LogP contribution in [-0.4, -0.2) is 65.0 Å². The van der Waals surface area contributed by atoms with Crippen LogP contribution in [0.3, 0.4) is 0 Å². The van der Waals surface area contributed by atoms with Gasteiger partial charge in [-0.15, -0.1) is 0 Å². The van der Waals surface area contributed by atoms with Gasteiger partial charge in [-0.2, -0.15) is 5.10 Å². The second-order valence-corrected chi connectivity index (χ2v) is 7.91. The number of hydrogen-bond acceptors (Lipinski definition) is 6. The smallest absolute Gasteiger partial charge is 0.316 e. The molecule has 1 amide bonds. The molecule has 2 saturated heterocycles. The van der Waals surface area contributed by atoms with Crippen molar-refractivity contribution in [3.05, 3.63) is 59.9 Å². The second-order valence-electron chi connectivity index (χ2n) is 7.91. The Hall–Kier alpha value is -3.26. The zero-order valence-electron chi connectivity index (χ0n) is 16.7. The molecule has 1 aromatic carbocycles. The van der Waals surface area contributed by atoms with Gasteiger partial charge in [0.05, 0.1) is 32.3 Å². The van der Waals surface area contributed by atoms with E-state index >= 15 is 0 Å². The van der Waals surface area contributed by atoms with Crippen LogP contribution < -0.4 is 0 Å². The predicted molar refractivity (Wildman–Crippen MR) is 108 cm³/mol. The summed E-state index contributed by atoms with van der Waals surface area (Å²) in [5.41, 5.74) is 1.31. The van der Waals surface area contributed by atoms with Crippen LogP contribution in [-0.2, 0) is 20.8 Å². The predicted octanol–water partition coefficient (Wildman–Crippen LogP) is 1.74. The van der Waals surface area contributed by atoms with Crippen molar-refractivity contribution in [3.63, 3.8) is 0 Å². The summed E-state index contributed by atoms with van der Waals surface area (Å²) in [7, 11) is 1.38. The summed E-state index contributed by atoms with van der Waals surface area (Å²) in [5.74, 6) is -0.580. The summed E-state index contributed by atoms with van der Waals surface area (Å²) in [6.07, 6.45) is 1.70. The van der Waals surface area contributed by atoms with Crippen molar-refractivity contribution in [1.82, 2.24) is 19.7 Å². The summed E-state index contributed by atoms with van der Waals surface area (Å²) in [4.78, 5) is 32.1. The molecule has 30 heavy (non-hydrogen) atoms. The fourth-order valence-corrected chi connectivity index (χ4v) is 4.57. The molecule has 0 N–H and O–H groups in total. The van der Waals surface area contributed by atoms with E-state index in [1.54, 1.807) is 21.8 Å². The van der Waals surface area contributed by atoms with Crippen LogP contribution in [0.4, 0.5) is 0 Å². The van der Waals surface area contributed by atoms with E-state index in [9.17, 15) is 9.59 Å². The lowest BCUT2D eigenvalue weighted by atomic mass is 9.81. The van der Waals surface area contributed by atoms with Gasteiger partial charge in [-0.05, 0) is 17.7 Å². The Bertz CT molecular complexity index is 1110. The van der Waals surface area contributed by atoms with Crippen molar-refractivity contribution in [1.29, 1.82) is 0 Å². The number of carbonyl (C=O) groups is 2. The molecule has 4 heterocycles. The van der Waals surface area contributed by atoms with E-state index in [4.69, 9.17) is 9.47 Å². The number of aromatic nitrogens is 3. The average Bonchev–Trinajstić information content (AvgIpc) is 3.45. The van der Waals surface area contributed by atoms with Crippen LogP contribution in [0.1, 0.15) is 16.1 Å². The number of carbonyl (C=O) groups excluding carboxylic acids is 2. The normalized spacial score (nSPS) is 23.0. The second kappa shape index (κ2) is 7.21. The van der Waals surface area contributed by atoms with E-state index < -0.39 is 5.41 Å². The molecule has 2 atom stereocenters. The molecule has 5 rings (SSSR count). The first kappa shape index (κ1) is 18.7. The molecule has 0 unspecified atom stereocenters. The van der Waals surface area contributed by atoms with Gasteiger partial charge in [-0.1, -0.05) is 30.3 Å². The molecule has 8 nitrogen and oxygen atoms in total. The number of amides is 1. The first-order valence-corrected chi connectivity index (χ1v) is 9.93. The maximum atomic E-state index is 13.4. The zero-order valence-corrected chi connectivity index (χ0v) is 16.7. The van der Waals surface area contributed by atoms with Gasteiger partial charge in [0.2, 0.25) is 0 Å². The highest BCUT2D eigenvalue weighted by Crippen LogP contribution is 2.42. The number of pyridine rings is 1. The van der Waals surface area contributed by atoms with Crippen LogP contribution in [0.2, 0.25) is 0 Å². The Labute approximate surface area is 173 Å². The number of rotatable bonds is 4. The Morgan fingerprint density at radius 1 is 1.23 bits per heavy atom. The molecule has 154 valence electrons. The number of methoxy groups -OCH3 is 1. The molecule has 0 radical (unpaired) electrons. The number of benzene rings is 1. The molecule has 2 fully saturated rings. The third-order valence-corrected chi connectivity index (χ3v) is 6.14. The topological polar surface area (TPSA) is 86.5 Å². The molecule has 2 aromatic heterocycles. The molecule has 3 aromatic rings. The highest BCUT2D eigenvalue weighted by molar-refractivity contribution is 6.04. The van der Waals surface area contributed by atoms with Crippen LogP contribution in [0.5, 0.6) is 0 Å². The van der Waals surface area contributed by atoms with Crippen LogP contribution in [0, 0.1) is 11.3 Å². The van der Waals surface area contributed by atoms with Crippen molar-refractivity contribution in [2.45, 2.75) is 6.54 Å². The number of hydrogen-bond donors (Lipinski definition) is 0. The molecule has 0 spiro atoms. The molecule has 8 heteroatoms. The zero-order chi connectivity index (χ0) is 20.7. The number of nitrogens with zero attached hydrogens (tertiary/aromatic N) is 4. The lowest BCUT2D eigenvalue weighted by Gasteiger charge is -2.23. The minimum atomic E-state index is -0.787. The molecule has 0 bridgehead atoms. The monoisotopic (exact) mass is 406 g/mol. The van der Waals surface area contributed by atoms with Crippen LogP contribution >= 0.6 is 0 Å². The average molecular weight is 406 g/mol. The van der Waals surface area contributed by atoms with Gasteiger partial charge in [0.1, 0.15) is 5.41 Å². The molecular formula is C22H22N4O4. The van der Waals surface area contributed by atoms with Gasteiger partial charge in [0, 0.05) is 25.2 Å². The van der Waals surface area contributed by atoms with E-state index in [1.165, 1.54) is 7.11 Å². The maximum Gasteiger partial charge on any atom is 0.316 e. The largest absolute Gasteiger partial charge is 0.468 e. The molecule has 0 saturated carbocycles. The van der Waals surface area contributed by atoms with Gasteiger partial charge >= 0.3 is 5.97 Å². The Morgan fingerprint density at radius 2 is 2.07 bits per heavy atom. The summed E-state index contributed by atoms with van der Waals surface area (Å²) in [5, 5.41) is 5.33. The van der Waals surface area contributed by atoms with Crippen LogP contribution in [0.25, 0.3) is 11.0 Å². The summed E-state index contributed by atoms with van der Waals surface area (Å²) >= 11 is 0. The fourth-order valence-electron chi connectivity index (χ4n) is 4.57. The summed E-state index contributed by atoms with van der Waals surface area (Å²) in [6.45, 7) is 1.96. The Balaban J connectivity index is 1.48. The first-order chi connectivity index (χ1) is 14.6. The van der Waals surface area contributed by atoms with E-state index in [-0.39, 0.29) is 30.9 Å². The van der Waals surface area contributed by atoms with Gasteiger partial charge in [0.15, 0.2) is 11.3 Å². The minimum Gasteiger partial charge on any atom is -0.468 e. The Morgan fingerprint density at radius 3 is 2.87 bits per heavy atom. The summed E-state index contributed by atoms with van der Waals surface area (Å²) < 4.78 is 12.3. The molecule has 2 aliphatic heterocycles. The molecule has 0 aliphatic carbocycles. The van der Waals surface area contributed by atoms with E-state index in [1.807, 2.05) is 36.4 Å². The van der Waals surface area contributed by atoms with Crippen molar-refractivity contribution in [2.24, 2.45) is 11.3 Å². The van der Waals surface area contributed by atoms with Crippen molar-refractivity contribution >= 4 is 22.9 Å². The van der Waals surface area contributed by atoms with Gasteiger partial charge in [-0.3, -0.25) is 9.59 Å². The van der Waals surface area contributed by atoms with E-state index in [0.717, 1.165) is 5.56 Å². The van der Waals surface area contributed by atoms with Crippen molar-refractivity contribution in [3.8, 4) is 0 Å². The number of ether oxygens (including phenoxy) is 2. The number of fused-ring (bicyclic) bond motifs is 2. The van der Waals surface area contributed by atoms with E-state index in [2.05, 4.69) is 10.1 Å². The maximum absolute atomic E-state index is 13.4.